The van der Waals surface area contributed by atoms with Gasteiger partial charge in [-0.3, -0.25) is 0 Å². The minimum atomic E-state index is -0.442. The zero-order valence-electron chi connectivity index (χ0n) is 30.6. The van der Waals surface area contributed by atoms with Gasteiger partial charge in [-0.1, -0.05) is 74.3 Å². The maximum absolute atomic E-state index is 12.3. The van der Waals surface area contributed by atoms with Crippen molar-refractivity contribution in [1.82, 2.24) is 0 Å². The molecule has 1 aliphatic rings. The number of hydrogen-bond donors (Lipinski definition) is 0. The lowest BCUT2D eigenvalue weighted by Crippen LogP contribution is -2.27. The number of benzene rings is 4. The van der Waals surface area contributed by atoms with Crippen LogP contribution in [0.15, 0.2) is 127 Å². The first kappa shape index (κ1) is 37.6. The molecule has 7 nitrogen and oxygen atoms in total. The summed E-state index contributed by atoms with van der Waals surface area (Å²) in [5.41, 5.74) is 10.3. The molecule has 1 aliphatic carbocycles. The van der Waals surface area contributed by atoms with E-state index in [0.717, 1.165) is 39.3 Å². The highest BCUT2D eigenvalue weighted by molar-refractivity contribution is 5.88. The molecule has 7 heteroatoms. The predicted molar refractivity (Wildman–Crippen MR) is 207 cm³/mol. The molecule has 0 fully saturated rings. The molecule has 0 atom stereocenters. The van der Waals surface area contributed by atoms with Crippen molar-refractivity contribution < 1.29 is 28.6 Å². The summed E-state index contributed by atoms with van der Waals surface area (Å²) >= 11 is 0. The largest absolute Gasteiger partial charge is 0.462 e. The maximum Gasteiger partial charge on any atom is 0.333 e. The number of nitrogens with zero attached hydrogens (tertiary/aromatic N) is 1. The number of hydrogen-bond acceptors (Lipinski definition) is 7. The Morgan fingerprint density at radius 3 is 1.73 bits per heavy atom. The van der Waals surface area contributed by atoms with E-state index in [0.29, 0.717) is 42.4 Å². The molecule has 0 bridgehead atoms. The Bertz CT molecular complexity index is 1970. The number of carbonyl (C=O) groups is 3. The lowest BCUT2D eigenvalue weighted by Gasteiger charge is -2.34. The molecule has 0 aromatic heterocycles. The minimum Gasteiger partial charge on any atom is -0.462 e. The topological polar surface area (TPSA) is 82.1 Å². The summed E-state index contributed by atoms with van der Waals surface area (Å²) in [5, 5.41) is 0. The zero-order chi connectivity index (χ0) is 37.4. The van der Waals surface area contributed by atoms with Crippen molar-refractivity contribution in [2.24, 2.45) is 0 Å². The van der Waals surface area contributed by atoms with Crippen LogP contribution in [0.2, 0.25) is 0 Å². The van der Waals surface area contributed by atoms with Crippen LogP contribution in [0.3, 0.4) is 0 Å². The summed E-state index contributed by atoms with van der Waals surface area (Å²) in [6.07, 6.45) is 2.67. The number of ether oxygens (including phenoxy) is 3. The molecular weight excluding hydrogens is 650 g/mol. The number of aryl methyl sites for hydroxylation is 1. The van der Waals surface area contributed by atoms with E-state index in [1.54, 1.807) is 20.8 Å². The predicted octanol–water partition coefficient (Wildman–Crippen LogP) is 10.1. The van der Waals surface area contributed by atoms with E-state index in [1.807, 2.05) is 24.3 Å². The summed E-state index contributed by atoms with van der Waals surface area (Å²) in [7, 11) is 0. The van der Waals surface area contributed by atoms with Gasteiger partial charge in [-0.15, -0.1) is 0 Å². The molecule has 0 aliphatic heterocycles. The first-order valence-corrected chi connectivity index (χ1v) is 17.6. The Morgan fingerprint density at radius 1 is 0.596 bits per heavy atom. The molecule has 0 radical (unpaired) electrons. The molecule has 4 aromatic rings. The van der Waals surface area contributed by atoms with Crippen molar-refractivity contribution >= 4 is 35.0 Å². The highest BCUT2D eigenvalue weighted by atomic mass is 16.5. The van der Waals surface area contributed by atoms with Gasteiger partial charge in [0.15, 0.2) is 0 Å². The average Bonchev–Trinajstić information content (AvgIpc) is 3.40. The van der Waals surface area contributed by atoms with Crippen molar-refractivity contribution in [3.63, 3.8) is 0 Å². The van der Waals surface area contributed by atoms with Crippen LogP contribution in [0.25, 0.3) is 11.1 Å². The van der Waals surface area contributed by atoms with Crippen LogP contribution in [-0.2, 0) is 40.6 Å². The van der Waals surface area contributed by atoms with Crippen LogP contribution in [-0.4, -0.2) is 31.1 Å². The summed E-state index contributed by atoms with van der Waals surface area (Å²) in [5.74, 6) is -1.22. The third kappa shape index (κ3) is 8.43. The molecule has 0 saturated carbocycles. The Hall–Kier alpha value is -5.69. The van der Waals surface area contributed by atoms with Crippen molar-refractivity contribution in [1.29, 1.82) is 0 Å². The van der Waals surface area contributed by atoms with Gasteiger partial charge in [-0.05, 0) is 123 Å². The van der Waals surface area contributed by atoms with Crippen LogP contribution in [0.5, 0.6) is 0 Å². The monoisotopic (exact) mass is 697 g/mol. The standard InChI is InChI=1S/C45H47NO6/c1-30(2)42(47)50-25-11-23-45(24-12-26-51-43(48)31(3)4)40-16-9-8-15-38(40)39-22-21-37(28-41(39)45)46(36-14-10-13-33(7)27-36)35-19-17-34(18-20-35)29-52-44(49)32(5)6/h8-10,13-22,27-28H,1,3,5,11-12,23-26,29H2,2,4,6-7H3. The van der Waals surface area contributed by atoms with E-state index < -0.39 is 23.3 Å². The fourth-order valence-corrected chi connectivity index (χ4v) is 6.80. The van der Waals surface area contributed by atoms with Crippen molar-refractivity contribution in [3.05, 3.63) is 150 Å². The quantitative estimate of drug-likeness (QED) is 0.0499. The lowest BCUT2D eigenvalue weighted by atomic mass is 9.71. The maximum atomic E-state index is 12.3. The fraction of sp³-hybridized carbons (Fsp3) is 0.267. The van der Waals surface area contributed by atoms with Gasteiger partial charge in [0.25, 0.3) is 0 Å². The Morgan fingerprint density at radius 2 is 1.13 bits per heavy atom. The van der Waals surface area contributed by atoms with E-state index in [9.17, 15) is 14.4 Å². The van der Waals surface area contributed by atoms with E-state index in [2.05, 4.69) is 98.3 Å². The molecule has 0 heterocycles. The fourth-order valence-electron chi connectivity index (χ4n) is 6.80. The van der Waals surface area contributed by atoms with Gasteiger partial charge in [0, 0.05) is 39.2 Å². The summed E-state index contributed by atoms with van der Waals surface area (Å²) in [6.45, 7) is 18.8. The minimum absolute atomic E-state index is 0.152. The van der Waals surface area contributed by atoms with E-state index >= 15 is 0 Å². The number of fused-ring (bicyclic) bond motifs is 3. The van der Waals surface area contributed by atoms with Crippen molar-refractivity contribution in [3.8, 4) is 11.1 Å². The van der Waals surface area contributed by atoms with Crippen LogP contribution in [0.4, 0.5) is 17.1 Å². The second-order valence-electron chi connectivity index (χ2n) is 13.6. The van der Waals surface area contributed by atoms with Crippen LogP contribution in [0.1, 0.15) is 68.7 Å². The van der Waals surface area contributed by atoms with Gasteiger partial charge in [-0.2, -0.15) is 0 Å². The number of rotatable bonds is 16. The molecule has 4 aromatic carbocycles. The molecule has 268 valence electrons. The highest BCUT2D eigenvalue weighted by Gasteiger charge is 2.42. The normalized spacial score (nSPS) is 12.2. The second kappa shape index (κ2) is 16.6. The average molecular weight is 698 g/mol. The molecule has 5 rings (SSSR count). The Kier molecular flexibility index (Phi) is 12.0. The first-order valence-electron chi connectivity index (χ1n) is 17.6. The van der Waals surface area contributed by atoms with Gasteiger partial charge >= 0.3 is 17.9 Å². The molecular formula is C45H47NO6. The molecule has 0 amide bonds. The number of anilines is 3. The third-order valence-electron chi connectivity index (χ3n) is 9.34. The van der Waals surface area contributed by atoms with Crippen molar-refractivity contribution in [2.75, 3.05) is 18.1 Å². The van der Waals surface area contributed by atoms with Gasteiger partial charge in [0.1, 0.15) is 6.61 Å². The molecule has 0 spiro atoms. The SMILES string of the molecule is C=C(C)C(=O)OCCCC1(CCCOC(=O)C(=C)C)c2ccccc2-c2ccc(N(c3ccc(COC(=O)C(=C)C)cc3)c3cccc(C)c3)cc21. The van der Waals surface area contributed by atoms with E-state index in [4.69, 9.17) is 14.2 Å². The molecule has 0 saturated heterocycles. The molecule has 0 N–H and O–H groups in total. The van der Waals surface area contributed by atoms with Gasteiger partial charge < -0.3 is 19.1 Å². The van der Waals surface area contributed by atoms with Crippen molar-refractivity contribution in [2.45, 2.75) is 65.4 Å². The Balaban J connectivity index is 1.57. The summed E-state index contributed by atoms with van der Waals surface area (Å²) < 4.78 is 16.5. The molecule has 52 heavy (non-hydrogen) atoms. The van der Waals surface area contributed by atoms with E-state index in [1.165, 1.54) is 11.1 Å². The zero-order valence-corrected chi connectivity index (χ0v) is 30.6. The number of esters is 3. The second-order valence-corrected chi connectivity index (χ2v) is 13.6. The smallest absolute Gasteiger partial charge is 0.333 e. The summed E-state index contributed by atoms with van der Waals surface area (Å²) in [4.78, 5) is 38.8. The third-order valence-corrected chi connectivity index (χ3v) is 9.34. The van der Waals surface area contributed by atoms with Gasteiger partial charge in [-0.25, -0.2) is 14.4 Å². The van der Waals surface area contributed by atoms with Crippen LogP contribution < -0.4 is 4.90 Å². The Labute approximate surface area is 307 Å². The van der Waals surface area contributed by atoms with Crippen LogP contribution in [0, 0.1) is 6.92 Å². The lowest BCUT2D eigenvalue weighted by molar-refractivity contribution is -0.140. The van der Waals surface area contributed by atoms with Gasteiger partial charge in [0.2, 0.25) is 0 Å². The summed E-state index contributed by atoms with van der Waals surface area (Å²) in [6, 6.07) is 31.5. The number of carbonyl (C=O) groups excluding carboxylic acids is 3. The molecule has 0 unspecified atom stereocenters. The van der Waals surface area contributed by atoms with Gasteiger partial charge in [0.05, 0.1) is 13.2 Å². The highest BCUT2D eigenvalue weighted by Crippen LogP contribution is 2.55. The van der Waals surface area contributed by atoms with Crippen LogP contribution >= 0.6 is 0 Å². The van der Waals surface area contributed by atoms with E-state index in [-0.39, 0.29) is 19.8 Å². The first-order chi connectivity index (χ1) is 24.9.